The predicted octanol–water partition coefficient (Wildman–Crippen LogP) is 5.06. The van der Waals surface area contributed by atoms with Crippen LogP contribution in [0.4, 0.5) is 0 Å². The van der Waals surface area contributed by atoms with Crippen LogP contribution >= 0.6 is 24.0 Å². The van der Waals surface area contributed by atoms with Crippen molar-refractivity contribution in [3.63, 3.8) is 0 Å². The Bertz CT molecular complexity index is 970. The monoisotopic (exact) mass is 441 g/mol. The molecular weight excluding hydrogens is 418 g/mol. The van der Waals surface area contributed by atoms with Gasteiger partial charge in [-0.1, -0.05) is 54.8 Å². The van der Waals surface area contributed by atoms with Gasteiger partial charge < -0.3 is 14.2 Å². The Morgan fingerprint density at radius 2 is 1.90 bits per heavy atom. The van der Waals surface area contributed by atoms with E-state index in [-0.39, 0.29) is 5.91 Å². The van der Waals surface area contributed by atoms with Crippen molar-refractivity contribution in [2.24, 2.45) is 0 Å². The summed E-state index contributed by atoms with van der Waals surface area (Å²) < 4.78 is 17.0. The smallest absolute Gasteiger partial charge is 0.266 e. The molecule has 1 fully saturated rings. The molecule has 0 aliphatic carbocycles. The quantitative estimate of drug-likeness (QED) is 0.308. The lowest BCUT2D eigenvalue weighted by molar-refractivity contribution is -0.122. The lowest BCUT2D eigenvalue weighted by atomic mass is 10.1. The summed E-state index contributed by atoms with van der Waals surface area (Å²) in [6.07, 6.45) is 3.50. The van der Waals surface area contributed by atoms with Gasteiger partial charge in [0, 0.05) is 0 Å². The first-order valence-corrected chi connectivity index (χ1v) is 10.7. The van der Waals surface area contributed by atoms with Crippen molar-refractivity contribution < 1.29 is 19.0 Å². The second-order valence-electron chi connectivity index (χ2n) is 6.35. The van der Waals surface area contributed by atoms with Gasteiger partial charge in [0.2, 0.25) is 0 Å². The highest BCUT2D eigenvalue weighted by Crippen LogP contribution is 2.35. The van der Waals surface area contributed by atoms with Crippen LogP contribution in [0.5, 0.6) is 17.2 Å². The third kappa shape index (κ3) is 5.23. The van der Waals surface area contributed by atoms with Crippen LogP contribution in [-0.4, -0.2) is 35.5 Å². The average molecular weight is 442 g/mol. The van der Waals surface area contributed by atoms with E-state index in [0.717, 1.165) is 16.9 Å². The SMILES string of the molecule is C=CCOc1ccc(C=C2SC(=S)N(Cc3ccc(OC)cc3)C2=O)cc1OCC. The third-order valence-corrected chi connectivity index (χ3v) is 5.67. The van der Waals surface area contributed by atoms with Crippen LogP contribution in [0.3, 0.4) is 0 Å². The summed E-state index contributed by atoms with van der Waals surface area (Å²) in [7, 11) is 1.62. The molecule has 0 aromatic heterocycles. The second-order valence-corrected chi connectivity index (χ2v) is 8.03. The van der Waals surface area contributed by atoms with Crippen molar-refractivity contribution in [3.8, 4) is 17.2 Å². The van der Waals surface area contributed by atoms with E-state index in [1.807, 2.05) is 55.5 Å². The van der Waals surface area contributed by atoms with Crippen molar-refractivity contribution in [1.29, 1.82) is 0 Å². The molecule has 0 N–H and O–H groups in total. The number of hydrogen-bond acceptors (Lipinski definition) is 6. The molecule has 1 aliphatic rings. The van der Waals surface area contributed by atoms with Gasteiger partial charge in [0.1, 0.15) is 16.7 Å². The fourth-order valence-electron chi connectivity index (χ4n) is 2.85. The molecule has 1 amide bonds. The third-order valence-electron chi connectivity index (χ3n) is 4.30. The fourth-order valence-corrected chi connectivity index (χ4v) is 4.11. The van der Waals surface area contributed by atoms with Crippen LogP contribution in [-0.2, 0) is 11.3 Å². The first-order chi connectivity index (χ1) is 14.5. The van der Waals surface area contributed by atoms with Crippen molar-refractivity contribution >= 4 is 40.3 Å². The Hall–Kier alpha value is -2.77. The lowest BCUT2D eigenvalue weighted by Crippen LogP contribution is -2.27. The number of thioether (sulfide) groups is 1. The van der Waals surface area contributed by atoms with Gasteiger partial charge in [-0.05, 0) is 48.4 Å². The Morgan fingerprint density at radius 3 is 2.57 bits per heavy atom. The normalized spacial score (nSPS) is 14.9. The molecule has 0 spiro atoms. The number of benzene rings is 2. The number of rotatable bonds is 9. The maximum atomic E-state index is 12.9. The van der Waals surface area contributed by atoms with Crippen LogP contribution in [0.15, 0.2) is 60.0 Å². The average Bonchev–Trinajstić information content (AvgIpc) is 3.01. The van der Waals surface area contributed by atoms with Gasteiger partial charge in [-0.15, -0.1) is 0 Å². The number of amides is 1. The summed E-state index contributed by atoms with van der Waals surface area (Å²) in [5.74, 6) is 1.93. The van der Waals surface area contributed by atoms with Crippen LogP contribution in [0.25, 0.3) is 6.08 Å². The second kappa shape index (κ2) is 10.3. The Kier molecular flexibility index (Phi) is 7.54. The lowest BCUT2D eigenvalue weighted by Gasteiger charge is -2.14. The molecule has 1 aliphatic heterocycles. The van der Waals surface area contributed by atoms with E-state index in [4.69, 9.17) is 26.4 Å². The van der Waals surface area contributed by atoms with E-state index in [1.54, 1.807) is 18.1 Å². The van der Waals surface area contributed by atoms with Gasteiger partial charge in [-0.25, -0.2) is 0 Å². The van der Waals surface area contributed by atoms with Crippen LogP contribution in [0.1, 0.15) is 18.1 Å². The molecule has 3 rings (SSSR count). The van der Waals surface area contributed by atoms with E-state index in [2.05, 4.69) is 6.58 Å². The maximum absolute atomic E-state index is 12.9. The minimum absolute atomic E-state index is 0.106. The number of hydrogen-bond donors (Lipinski definition) is 0. The van der Waals surface area contributed by atoms with E-state index >= 15 is 0 Å². The van der Waals surface area contributed by atoms with Crippen molar-refractivity contribution in [3.05, 3.63) is 71.2 Å². The Balaban J connectivity index is 1.78. The molecule has 2 aromatic rings. The van der Waals surface area contributed by atoms with Gasteiger partial charge >= 0.3 is 0 Å². The van der Waals surface area contributed by atoms with Gasteiger partial charge in [0.25, 0.3) is 5.91 Å². The summed E-state index contributed by atoms with van der Waals surface area (Å²) in [6, 6.07) is 13.2. The van der Waals surface area contributed by atoms with Gasteiger partial charge in [0.05, 0.1) is 25.2 Å². The topological polar surface area (TPSA) is 48.0 Å². The number of methoxy groups -OCH3 is 1. The Morgan fingerprint density at radius 1 is 1.13 bits per heavy atom. The first kappa shape index (κ1) is 21.9. The maximum Gasteiger partial charge on any atom is 0.266 e. The molecule has 0 radical (unpaired) electrons. The van der Waals surface area contributed by atoms with E-state index < -0.39 is 0 Å². The zero-order valence-electron chi connectivity index (χ0n) is 16.9. The molecular formula is C23H23NO4S2. The number of carbonyl (C=O) groups is 1. The largest absolute Gasteiger partial charge is 0.497 e. The standard InChI is InChI=1S/C23H23NO4S2/c1-4-12-28-19-11-8-17(13-20(19)27-5-2)14-21-22(25)24(23(29)30-21)15-16-6-9-18(26-3)10-7-16/h4,6-11,13-14H,1,5,12,15H2,2-3H3. The highest BCUT2D eigenvalue weighted by molar-refractivity contribution is 8.26. The van der Waals surface area contributed by atoms with Gasteiger partial charge in [0.15, 0.2) is 11.5 Å². The molecule has 0 bridgehead atoms. The van der Waals surface area contributed by atoms with Crippen molar-refractivity contribution in [2.45, 2.75) is 13.5 Å². The van der Waals surface area contributed by atoms with Crippen molar-refractivity contribution in [1.82, 2.24) is 4.90 Å². The molecule has 1 heterocycles. The molecule has 156 valence electrons. The van der Waals surface area contributed by atoms with Gasteiger partial charge in [-0.3, -0.25) is 9.69 Å². The van der Waals surface area contributed by atoms with E-state index in [9.17, 15) is 4.79 Å². The fraction of sp³-hybridized carbons (Fsp3) is 0.217. The summed E-state index contributed by atoms with van der Waals surface area (Å²) in [5.41, 5.74) is 1.82. The molecule has 30 heavy (non-hydrogen) atoms. The highest BCUT2D eigenvalue weighted by atomic mass is 32.2. The molecule has 5 nitrogen and oxygen atoms in total. The minimum atomic E-state index is -0.106. The zero-order valence-corrected chi connectivity index (χ0v) is 18.6. The molecule has 1 saturated heterocycles. The van der Waals surface area contributed by atoms with Gasteiger partial charge in [-0.2, -0.15) is 0 Å². The van der Waals surface area contributed by atoms with E-state index in [0.29, 0.717) is 40.5 Å². The van der Waals surface area contributed by atoms with Crippen LogP contribution < -0.4 is 14.2 Å². The molecule has 7 heteroatoms. The molecule has 0 unspecified atom stereocenters. The molecule has 0 saturated carbocycles. The minimum Gasteiger partial charge on any atom is -0.497 e. The van der Waals surface area contributed by atoms with Crippen molar-refractivity contribution in [2.75, 3.05) is 20.3 Å². The number of ether oxygens (including phenoxy) is 3. The molecule has 2 aromatic carbocycles. The number of nitrogens with zero attached hydrogens (tertiary/aromatic N) is 1. The highest BCUT2D eigenvalue weighted by Gasteiger charge is 2.32. The number of thiocarbonyl (C=S) groups is 1. The number of carbonyl (C=O) groups excluding carboxylic acids is 1. The zero-order chi connectivity index (χ0) is 21.5. The molecule has 0 atom stereocenters. The Labute approximate surface area is 186 Å². The van der Waals surface area contributed by atoms with Crippen LogP contribution in [0.2, 0.25) is 0 Å². The summed E-state index contributed by atoms with van der Waals surface area (Å²) in [4.78, 5) is 15.1. The summed E-state index contributed by atoms with van der Waals surface area (Å²) in [6.45, 7) is 6.90. The summed E-state index contributed by atoms with van der Waals surface area (Å²) >= 11 is 6.74. The first-order valence-electron chi connectivity index (χ1n) is 9.44. The van der Waals surface area contributed by atoms with E-state index in [1.165, 1.54) is 11.8 Å². The summed E-state index contributed by atoms with van der Waals surface area (Å²) in [5, 5.41) is 0. The predicted molar refractivity (Wildman–Crippen MR) is 125 cm³/mol. The van der Waals surface area contributed by atoms with Crippen LogP contribution in [0, 0.1) is 0 Å².